The molecular weight excluding hydrogens is 464 g/mol. The van der Waals surface area contributed by atoms with Crippen molar-refractivity contribution in [2.24, 2.45) is 11.8 Å². The Morgan fingerprint density at radius 2 is 2.03 bits per heavy atom. The number of aromatic carboxylic acids is 1. The highest BCUT2D eigenvalue weighted by Gasteiger charge is 2.25. The maximum absolute atomic E-state index is 11.9. The smallest absolute Gasteiger partial charge is 0.374 e. The van der Waals surface area contributed by atoms with Gasteiger partial charge in [0.2, 0.25) is 5.82 Å². The first-order valence-corrected chi connectivity index (χ1v) is 13.8. The van der Waals surface area contributed by atoms with Crippen molar-refractivity contribution in [3.63, 3.8) is 0 Å². The van der Waals surface area contributed by atoms with Crippen LogP contribution in [0, 0.1) is 11.8 Å². The number of pyridine rings is 1. The topological polar surface area (TPSA) is 106 Å². The van der Waals surface area contributed by atoms with Crippen molar-refractivity contribution in [1.82, 2.24) is 24.5 Å². The van der Waals surface area contributed by atoms with Gasteiger partial charge >= 0.3 is 5.97 Å². The summed E-state index contributed by atoms with van der Waals surface area (Å²) in [6.07, 6.45) is 13.5. The summed E-state index contributed by atoms with van der Waals surface area (Å²) >= 11 is 0. The van der Waals surface area contributed by atoms with Gasteiger partial charge in [-0.3, -0.25) is 4.98 Å². The summed E-state index contributed by atoms with van der Waals surface area (Å²) in [4.78, 5) is 30.3. The second-order valence-electron chi connectivity index (χ2n) is 10.9. The Morgan fingerprint density at radius 1 is 1.19 bits per heavy atom. The summed E-state index contributed by atoms with van der Waals surface area (Å²) in [5, 5.41) is 13.2. The number of carbonyl (C=O) groups is 1. The van der Waals surface area contributed by atoms with Crippen LogP contribution in [0.5, 0.6) is 0 Å². The molecule has 0 aromatic carbocycles. The number of nitrogens with zero attached hydrogens (tertiary/aromatic N) is 5. The molecule has 3 aromatic rings. The molecule has 3 heterocycles. The zero-order valence-electron chi connectivity index (χ0n) is 22.2. The highest BCUT2D eigenvalue weighted by atomic mass is 16.4. The molecule has 0 bridgehead atoms. The molecule has 5 rings (SSSR count). The summed E-state index contributed by atoms with van der Waals surface area (Å²) in [7, 11) is 0. The van der Waals surface area contributed by atoms with Gasteiger partial charge < -0.3 is 15.0 Å². The molecule has 1 unspecified atom stereocenters. The third-order valence-electron chi connectivity index (χ3n) is 8.05. The Labute approximate surface area is 218 Å². The number of hydrogen-bond acceptors (Lipinski definition) is 6. The zero-order chi connectivity index (χ0) is 25.9. The van der Waals surface area contributed by atoms with E-state index in [-0.39, 0.29) is 5.82 Å². The fraction of sp³-hybridized carbons (Fsp3) is 0.552. The number of anilines is 1. The maximum Gasteiger partial charge on any atom is 0.374 e. The zero-order valence-corrected chi connectivity index (χ0v) is 22.2. The number of carboxylic acid groups (broad SMARTS) is 1. The monoisotopic (exact) mass is 502 g/mol. The van der Waals surface area contributed by atoms with Gasteiger partial charge in [0.25, 0.3) is 0 Å². The molecule has 1 saturated carbocycles. The molecular formula is C29H38N6O2. The van der Waals surface area contributed by atoms with Crippen LogP contribution in [0.25, 0.3) is 22.7 Å². The van der Waals surface area contributed by atoms with Crippen molar-refractivity contribution < 1.29 is 9.90 Å². The van der Waals surface area contributed by atoms with Gasteiger partial charge in [0.05, 0.1) is 0 Å². The molecule has 0 saturated heterocycles. The number of allylic oxidation sites excluding steroid dienone is 2. The first kappa shape index (κ1) is 25.4. The fourth-order valence-corrected chi connectivity index (χ4v) is 5.42. The van der Waals surface area contributed by atoms with E-state index in [1.807, 2.05) is 12.3 Å². The SMILES string of the molecule is CCC1=CCC(Cn2c(-c3cc(C(C)C)ccn3)nc3nc(C(=O)O)nc(NCCC4CCC4)c32)CC1. The standard InChI is InChI=1S/C29H38N6O2/c1-4-19-8-10-21(11-9-19)17-35-24-25(31-14-12-20-6-5-7-20)32-27(29(36)37)33-26(24)34-28(35)23-16-22(18(2)3)13-15-30-23/h8,13,15-16,18,20-21H,4-7,9-12,14,17H2,1-3H3,(H,36,37)(H,31,32,33). The van der Waals surface area contributed by atoms with E-state index in [0.29, 0.717) is 23.3 Å². The van der Waals surface area contributed by atoms with Gasteiger partial charge in [-0.2, -0.15) is 0 Å². The van der Waals surface area contributed by atoms with Crippen LogP contribution in [0.15, 0.2) is 30.0 Å². The van der Waals surface area contributed by atoms with E-state index >= 15 is 0 Å². The minimum atomic E-state index is -1.15. The van der Waals surface area contributed by atoms with Crippen molar-refractivity contribution in [2.75, 3.05) is 11.9 Å². The molecule has 37 heavy (non-hydrogen) atoms. The number of nitrogens with one attached hydrogen (secondary N) is 1. The van der Waals surface area contributed by atoms with Gasteiger partial charge in [-0.1, -0.05) is 51.7 Å². The second-order valence-corrected chi connectivity index (χ2v) is 10.9. The van der Waals surface area contributed by atoms with Gasteiger partial charge in [0.1, 0.15) is 11.2 Å². The minimum absolute atomic E-state index is 0.230. The largest absolute Gasteiger partial charge is 0.475 e. The first-order chi connectivity index (χ1) is 17.9. The predicted octanol–water partition coefficient (Wildman–Crippen LogP) is 6.45. The summed E-state index contributed by atoms with van der Waals surface area (Å²) in [5.74, 6) is 1.47. The number of imidazole rings is 1. The molecule has 1 atom stereocenters. The van der Waals surface area contributed by atoms with Crippen LogP contribution in [0.2, 0.25) is 0 Å². The molecule has 8 heteroatoms. The minimum Gasteiger partial charge on any atom is -0.475 e. The lowest BCUT2D eigenvalue weighted by atomic mass is 9.83. The molecule has 0 aliphatic heterocycles. The van der Waals surface area contributed by atoms with Gasteiger partial charge in [0, 0.05) is 19.3 Å². The first-order valence-electron chi connectivity index (χ1n) is 13.8. The van der Waals surface area contributed by atoms with E-state index < -0.39 is 5.97 Å². The Kier molecular flexibility index (Phi) is 7.53. The summed E-state index contributed by atoms with van der Waals surface area (Å²) < 4.78 is 2.19. The average Bonchev–Trinajstić information content (AvgIpc) is 3.24. The number of carboxylic acids is 1. The maximum atomic E-state index is 11.9. The third-order valence-corrected chi connectivity index (χ3v) is 8.05. The van der Waals surface area contributed by atoms with Crippen molar-refractivity contribution in [3.8, 4) is 11.5 Å². The fourth-order valence-electron chi connectivity index (χ4n) is 5.42. The molecule has 0 amide bonds. The predicted molar refractivity (Wildman–Crippen MR) is 146 cm³/mol. The molecule has 1 fully saturated rings. The number of aromatic nitrogens is 5. The highest BCUT2D eigenvalue weighted by molar-refractivity contribution is 5.92. The number of rotatable bonds is 10. The Balaban J connectivity index is 1.60. The lowest BCUT2D eigenvalue weighted by molar-refractivity contribution is 0.0684. The third kappa shape index (κ3) is 5.53. The van der Waals surface area contributed by atoms with E-state index in [0.717, 1.165) is 68.1 Å². The Bertz CT molecular complexity index is 1310. The quantitative estimate of drug-likeness (QED) is 0.307. The van der Waals surface area contributed by atoms with Gasteiger partial charge in [0.15, 0.2) is 17.3 Å². The number of hydrogen-bond donors (Lipinski definition) is 2. The molecule has 0 spiro atoms. The van der Waals surface area contributed by atoms with Crippen LogP contribution in [-0.4, -0.2) is 42.1 Å². The average molecular weight is 503 g/mol. The van der Waals surface area contributed by atoms with E-state index in [2.05, 4.69) is 57.7 Å². The van der Waals surface area contributed by atoms with Crippen LogP contribution in [0.1, 0.15) is 94.2 Å². The summed E-state index contributed by atoms with van der Waals surface area (Å²) in [5.41, 5.74) is 4.68. The van der Waals surface area contributed by atoms with Gasteiger partial charge in [-0.15, -0.1) is 0 Å². The van der Waals surface area contributed by atoms with Crippen LogP contribution in [0.3, 0.4) is 0 Å². The normalized spacial score (nSPS) is 18.2. The van der Waals surface area contributed by atoms with Crippen LogP contribution in [-0.2, 0) is 6.54 Å². The van der Waals surface area contributed by atoms with Crippen LogP contribution < -0.4 is 5.32 Å². The highest BCUT2D eigenvalue weighted by Crippen LogP contribution is 2.34. The molecule has 2 N–H and O–H groups in total. The number of fused-ring (bicyclic) bond motifs is 1. The van der Waals surface area contributed by atoms with Crippen LogP contribution >= 0.6 is 0 Å². The lowest BCUT2D eigenvalue weighted by Gasteiger charge is -2.25. The van der Waals surface area contributed by atoms with E-state index in [4.69, 9.17) is 4.98 Å². The van der Waals surface area contributed by atoms with Crippen molar-refractivity contribution in [1.29, 1.82) is 0 Å². The van der Waals surface area contributed by atoms with Gasteiger partial charge in [-0.25, -0.2) is 19.7 Å². The van der Waals surface area contributed by atoms with E-state index in [1.165, 1.54) is 30.4 Å². The van der Waals surface area contributed by atoms with Crippen molar-refractivity contribution in [2.45, 2.75) is 84.6 Å². The van der Waals surface area contributed by atoms with Crippen molar-refractivity contribution >= 4 is 23.0 Å². The molecule has 3 aromatic heterocycles. The Morgan fingerprint density at radius 3 is 2.68 bits per heavy atom. The molecule has 196 valence electrons. The molecule has 2 aliphatic rings. The summed E-state index contributed by atoms with van der Waals surface area (Å²) in [6.45, 7) is 8.07. The second kappa shape index (κ2) is 11.0. The van der Waals surface area contributed by atoms with Gasteiger partial charge in [-0.05, 0) is 67.6 Å². The van der Waals surface area contributed by atoms with Crippen LogP contribution in [0.4, 0.5) is 5.82 Å². The molecule has 0 radical (unpaired) electrons. The molecule has 8 nitrogen and oxygen atoms in total. The molecule has 2 aliphatic carbocycles. The summed E-state index contributed by atoms with van der Waals surface area (Å²) in [6, 6.07) is 4.13. The van der Waals surface area contributed by atoms with E-state index in [1.54, 1.807) is 0 Å². The van der Waals surface area contributed by atoms with Crippen molar-refractivity contribution in [3.05, 3.63) is 41.4 Å². The van der Waals surface area contributed by atoms with E-state index in [9.17, 15) is 9.90 Å². The Hall–Kier alpha value is -3.29. The lowest BCUT2D eigenvalue weighted by Crippen LogP contribution is -2.18.